The first-order chi connectivity index (χ1) is 8.17. The van der Waals surface area contributed by atoms with E-state index < -0.39 is 0 Å². The van der Waals surface area contributed by atoms with Crippen LogP contribution in [0.1, 0.15) is 16.8 Å². The van der Waals surface area contributed by atoms with Crippen LogP contribution < -0.4 is 5.73 Å². The van der Waals surface area contributed by atoms with Gasteiger partial charge in [0, 0.05) is 17.1 Å². The Kier molecular flexibility index (Phi) is 3.82. The number of rotatable bonds is 3. The van der Waals surface area contributed by atoms with Gasteiger partial charge in [-0.25, -0.2) is 4.98 Å². The first-order valence-electron chi connectivity index (χ1n) is 5.59. The Morgan fingerprint density at radius 1 is 1.12 bits per heavy atom. The summed E-state index contributed by atoms with van der Waals surface area (Å²) in [4.78, 5) is 5.71. The first kappa shape index (κ1) is 12.1. The van der Waals surface area contributed by atoms with Crippen molar-refractivity contribution in [3.05, 3.63) is 53.2 Å². The maximum absolute atomic E-state index is 5.66. The monoisotopic (exact) mass is 244 g/mol. The van der Waals surface area contributed by atoms with Crippen LogP contribution in [0.5, 0.6) is 0 Å². The molecule has 0 aliphatic heterocycles. The number of aryl methyl sites for hydroxylation is 2. The van der Waals surface area contributed by atoms with Crippen LogP contribution in [-0.2, 0) is 6.54 Å². The van der Waals surface area contributed by atoms with Crippen LogP contribution in [-0.4, -0.2) is 4.98 Å². The Morgan fingerprint density at radius 3 is 2.47 bits per heavy atom. The molecule has 1 aromatic heterocycles. The minimum Gasteiger partial charge on any atom is -0.326 e. The van der Waals surface area contributed by atoms with E-state index in [4.69, 9.17) is 5.73 Å². The molecule has 0 unspecified atom stereocenters. The van der Waals surface area contributed by atoms with Crippen LogP contribution in [0.4, 0.5) is 0 Å². The second kappa shape index (κ2) is 5.34. The first-order valence-corrected chi connectivity index (χ1v) is 6.41. The van der Waals surface area contributed by atoms with Crippen molar-refractivity contribution in [2.45, 2.75) is 30.3 Å². The van der Waals surface area contributed by atoms with E-state index in [-0.39, 0.29) is 0 Å². The Bertz CT molecular complexity index is 506. The standard InChI is InChI=1S/C14H16N2S/c1-10-3-5-13(6-4-10)17-14-8-12(9-15)7-11(2)16-14/h3-8H,9,15H2,1-2H3. The van der Waals surface area contributed by atoms with E-state index in [9.17, 15) is 0 Å². The van der Waals surface area contributed by atoms with Gasteiger partial charge in [-0.05, 0) is 43.7 Å². The molecule has 1 aromatic carbocycles. The van der Waals surface area contributed by atoms with Gasteiger partial charge in [-0.1, -0.05) is 29.5 Å². The average molecular weight is 244 g/mol. The van der Waals surface area contributed by atoms with Crippen molar-refractivity contribution in [1.29, 1.82) is 0 Å². The summed E-state index contributed by atoms with van der Waals surface area (Å²) in [6.45, 7) is 4.65. The third-order valence-electron chi connectivity index (χ3n) is 2.47. The lowest BCUT2D eigenvalue weighted by Crippen LogP contribution is -1.98. The fraction of sp³-hybridized carbons (Fsp3) is 0.214. The fourth-order valence-electron chi connectivity index (χ4n) is 1.60. The fourth-order valence-corrected chi connectivity index (χ4v) is 2.52. The molecule has 0 saturated carbocycles. The van der Waals surface area contributed by atoms with Gasteiger partial charge in [0.1, 0.15) is 5.03 Å². The third kappa shape index (κ3) is 3.32. The summed E-state index contributed by atoms with van der Waals surface area (Å²) in [5, 5.41) is 1.01. The van der Waals surface area contributed by atoms with Crippen molar-refractivity contribution in [3.63, 3.8) is 0 Å². The summed E-state index contributed by atoms with van der Waals surface area (Å²) in [6, 6.07) is 12.5. The van der Waals surface area contributed by atoms with E-state index >= 15 is 0 Å². The number of nitrogens with two attached hydrogens (primary N) is 1. The van der Waals surface area contributed by atoms with Crippen LogP contribution in [0.3, 0.4) is 0 Å². The van der Waals surface area contributed by atoms with Gasteiger partial charge in [-0.3, -0.25) is 0 Å². The van der Waals surface area contributed by atoms with Gasteiger partial charge in [-0.2, -0.15) is 0 Å². The molecular formula is C14H16N2S. The number of benzene rings is 1. The van der Waals surface area contributed by atoms with Crippen LogP contribution in [0.15, 0.2) is 46.3 Å². The minimum absolute atomic E-state index is 0.560. The highest BCUT2D eigenvalue weighted by molar-refractivity contribution is 7.99. The van der Waals surface area contributed by atoms with Crippen molar-refractivity contribution in [2.75, 3.05) is 0 Å². The molecule has 0 amide bonds. The van der Waals surface area contributed by atoms with Crippen molar-refractivity contribution in [3.8, 4) is 0 Å². The predicted molar refractivity (Wildman–Crippen MR) is 72.2 cm³/mol. The molecule has 0 fully saturated rings. The van der Waals surface area contributed by atoms with Gasteiger partial charge in [0.2, 0.25) is 0 Å². The third-order valence-corrected chi connectivity index (χ3v) is 3.39. The zero-order chi connectivity index (χ0) is 12.3. The molecular weight excluding hydrogens is 228 g/mol. The molecule has 0 radical (unpaired) electrons. The number of hydrogen-bond donors (Lipinski definition) is 1. The van der Waals surface area contributed by atoms with E-state index in [1.54, 1.807) is 11.8 Å². The number of aromatic nitrogens is 1. The highest BCUT2D eigenvalue weighted by atomic mass is 32.2. The Morgan fingerprint density at radius 2 is 1.82 bits per heavy atom. The molecule has 17 heavy (non-hydrogen) atoms. The maximum atomic E-state index is 5.66. The second-order valence-electron chi connectivity index (χ2n) is 4.07. The molecule has 0 bridgehead atoms. The highest BCUT2D eigenvalue weighted by Gasteiger charge is 2.02. The largest absolute Gasteiger partial charge is 0.326 e. The van der Waals surface area contributed by atoms with Gasteiger partial charge in [-0.15, -0.1) is 0 Å². The molecule has 0 aliphatic rings. The van der Waals surface area contributed by atoms with E-state index in [1.165, 1.54) is 10.5 Å². The summed E-state index contributed by atoms with van der Waals surface area (Å²) in [5.74, 6) is 0. The summed E-state index contributed by atoms with van der Waals surface area (Å²) in [6.07, 6.45) is 0. The van der Waals surface area contributed by atoms with Gasteiger partial charge < -0.3 is 5.73 Å². The summed E-state index contributed by atoms with van der Waals surface area (Å²) >= 11 is 1.67. The van der Waals surface area contributed by atoms with Crippen molar-refractivity contribution >= 4 is 11.8 Å². The molecule has 2 rings (SSSR count). The van der Waals surface area contributed by atoms with Gasteiger partial charge in [0.05, 0.1) is 0 Å². The average Bonchev–Trinajstić information content (AvgIpc) is 2.31. The molecule has 1 heterocycles. The molecule has 0 saturated heterocycles. The van der Waals surface area contributed by atoms with Crippen LogP contribution in [0.2, 0.25) is 0 Å². The molecule has 0 spiro atoms. The maximum Gasteiger partial charge on any atom is 0.101 e. The normalized spacial score (nSPS) is 10.5. The van der Waals surface area contributed by atoms with Gasteiger partial charge >= 0.3 is 0 Å². The smallest absolute Gasteiger partial charge is 0.101 e. The van der Waals surface area contributed by atoms with Crippen LogP contribution >= 0.6 is 11.8 Å². The van der Waals surface area contributed by atoms with E-state index in [0.717, 1.165) is 16.3 Å². The number of pyridine rings is 1. The summed E-state index contributed by atoms with van der Waals surface area (Å²) < 4.78 is 0. The van der Waals surface area contributed by atoms with E-state index in [1.807, 2.05) is 13.0 Å². The Hall–Kier alpha value is -1.32. The van der Waals surface area contributed by atoms with Crippen molar-refractivity contribution < 1.29 is 0 Å². The lowest BCUT2D eigenvalue weighted by molar-refractivity contribution is 0.987. The number of hydrogen-bond acceptors (Lipinski definition) is 3. The van der Waals surface area contributed by atoms with Crippen LogP contribution in [0, 0.1) is 13.8 Å². The summed E-state index contributed by atoms with van der Waals surface area (Å²) in [7, 11) is 0. The molecule has 0 atom stereocenters. The predicted octanol–water partition coefficient (Wildman–Crippen LogP) is 3.31. The minimum atomic E-state index is 0.560. The molecule has 2 nitrogen and oxygen atoms in total. The van der Waals surface area contributed by atoms with Crippen molar-refractivity contribution in [2.24, 2.45) is 5.73 Å². The van der Waals surface area contributed by atoms with E-state index in [0.29, 0.717) is 6.54 Å². The lowest BCUT2D eigenvalue weighted by atomic mass is 10.2. The second-order valence-corrected chi connectivity index (χ2v) is 5.17. The van der Waals surface area contributed by atoms with Crippen LogP contribution in [0.25, 0.3) is 0 Å². The molecule has 0 aliphatic carbocycles. The highest BCUT2D eigenvalue weighted by Crippen LogP contribution is 2.27. The topological polar surface area (TPSA) is 38.9 Å². The van der Waals surface area contributed by atoms with E-state index in [2.05, 4.69) is 42.2 Å². The lowest BCUT2D eigenvalue weighted by Gasteiger charge is -2.05. The van der Waals surface area contributed by atoms with Crippen molar-refractivity contribution in [1.82, 2.24) is 4.98 Å². The summed E-state index contributed by atoms with van der Waals surface area (Å²) in [5.41, 5.74) is 9.08. The SMILES string of the molecule is Cc1ccc(Sc2cc(CN)cc(C)n2)cc1. The van der Waals surface area contributed by atoms with Gasteiger partial charge in [0.25, 0.3) is 0 Å². The quantitative estimate of drug-likeness (QED) is 0.900. The molecule has 88 valence electrons. The molecule has 3 heteroatoms. The molecule has 2 N–H and O–H groups in total. The zero-order valence-corrected chi connectivity index (χ0v) is 10.9. The molecule has 2 aromatic rings. The zero-order valence-electron chi connectivity index (χ0n) is 10.1. The Balaban J connectivity index is 2.23. The van der Waals surface area contributed by atoms with Gasteiger partial charge in [0.15, 0.2) is 0 Å². The Labute approximate surface area is 106 Å². The number of nitrogens with zero attached hydrogens (tertiary/aromatic N) is 1.